The van der Waals surface area contributed by atoms with Crippen LogP contribution in [0.15, 0.2) is 18.2 Å². The van der Waals surface area contributed by atoms with Gasteiger partial charge in [-0.25, -0.2) is 4.39 Å². The molecule has 1 aromatic rings. The Labute approximate surface area is 135 Å². The monoisotopic (exact) mass is 328 g/mol. The first-order valence-electron chi connectivity index (χ1n) is 7.55. The lowest BCUT2D eigenvalue weighted by molar-refractivity contribution is -0.117. The average Bonchev–Trinajstić information content (AvgIpc) is 2.51. The fraction of sp³-hybridized carbons (Fsp3) is 0.562. The fourth-order valence-electron chi connectivity index (χ4n) is 2.90. The van der Waals surface area contributed by atoms with Crippen molar-refractivity contribution in [2.24, 2.45) is 5.92 Å². The summed E-state index contributed by atoms with van der Waals surface area (Å²) in [5.41, 5.74) is 0.494. The first-order valence-corrected chi connectivity index (χ1v) is 7.93. The van der Waals surface area contributed by atoms with Gasteiger partial charge < -0.3 is 10.4 Å². The van der Waals surface area contributed by atoms with E-state index >= 15 is 0 Å². The number of nitrogens with one attached hydrogen (secondary N) is 1. The molecule has 1 aromatic carbocycles. The maximum absolute atomic E-state index is 13.1. The van der Waals surface area contributed by atoms with Gasteiger partial charge in [-0.05, 0) is 56.8 Å². The summed E-state index contributed by atoms with van der Waals surface area (Å²) < 4.78 is 13.1. The Balaban J connectivity index is 1.82. The van der Waals surface area contributed by atoms with Crippen LogP contribution in [0.5, 0.6) is 0 Å². The zero-order chi connectivity index (χ0) is 16.1. The molecule has 0 unspecified atom stereocenters. The molecule has 0 aliphatic heterocycles. The van der Waals surface area contributed by atoms with E-state index in [-0.39, 0.29) is 24.1 Å². The van der Waals surface area contributed by atoms with Gasteiger partial charge >= 0.3 is 0 Å². The van der Waals surface area contributed by atoms with Crippen molar-refractivity contribution in [2.45, 2.75) is 31.7 Å². The van der Waals surface area contributed by atoms with Gasteiger partial charge in [0, 0.05) is 18.3 Å². The Bertz CT molecular complexity index is 519. The fourth-order valence-corrected chi connectivity index (χ4v) is 3.08. The first kappa shape index (κ1) is 17.2. The van der Waals surface area contributed by atoms with Crippen molar-refractivity contribution in [1.29, 1.82) is 0 Å². The summed E-state index contributed by atoms with van der Waals surface area (Å²) in [6.07, 6.45) is 4.00. The van der Waals surface area contributed by atoms with Crippen LogP contribution in [0.1, 0.15) is 25.7 Å². The third-order valence-electron chi connectivity index (χ3n) is 4.29. The van der Waals surface area contributed by atoms with Gasteiger partial charge in [-0.3, -0.25) is 9.69 Å². The third kappa shape index (κ3) is 4.66. The summed E-state index contributed by atoms with van der Waals surface area (Å²) >= 11 is 5.70. The topological polar surface area (TPSA) is 52.6 Å². The summed E-state index contributed by atoms with van der Waals surface area (Å²) in [6.45, 7) is 0.533. The van der Waals surface area contributed by atoms with Gasteiger partial charge in [0.05, 0.1) is 11.6 Å². The van der Waals surface area contributed by atoms with Crippen LogP contribution in [0.3, 0.4) is 0 Å². The largest absolute Gasteiger partial charge is 0.396 e. The van der Waals surface area contributed by atoms with E-state index in [0.29, 0.717) is 17.6 Å². The number of amides is 1. The molecule has 122 valence electrons. The van der Waals surface area contributed by atoms with Gasteiger partial charge in [-0.15, -0.1) is 0 Å². The van der Waals surface area contributed by atoms with Crippen LogP contribution in [-0.2, 0) is 4.79 Å². The van der Waals surface area contributed by atoms with Gasteiger partial charge in [0.15, 0.2) is 0 Å². The molecule has 0 radical (unpaired) electrons. The van der Waals surface area contributed by atoms with Crippen molar-refractivity contribution in [1.82, 2.24) is 4.90 Å². The minimum absolute atomic E-state index is 0.00604. The summed E-state index contributed by atoms with van der Waals surface area (Å²) in [5.74, 6) is -0.244. The lowest BCUT2D eigenvalue weighted by Gasteiger charge is -2.33. The second kappa shape index (κ2) is 7.90. The Morgan fingerprint density at radius 1 is 1.41 bits per heavy atom. The van der Waals surface area contributed by atoms with Crippen molar-refractivity contribution < 1.29 is 14.3 Å². The molecule has 0 spiro atoms. The molecule has 0 bridgehead atoms. The molecule has 1 aliphatic rings. The molecule has 4 nitrogen and oxygen atoms in total. The van der Waals surface area contributed by atoms with Gasteiger partial charge in [-0.2, -0.15) is 0 Å². The minimum Gasteiger partial charge on any atom is -0.396 e. The number of benzene rings is 1. The zero-order valence-electron chi connectivity index (χ0n) is 12.7. The molecule has 0 aromatic heterocycles. The van der Waals surface area contributed by atoms with Crippen LogP contribution in [0, 0.1) is 11.7 Å². The van der Waals surface area contributed by atoms with Crippen molar-refractivity contribution in [2.75, 3.05) is 25.5 Å². The number of carbonyl (C=O) groups excluding carboxylic acids is 1. The predicted octanol–water partition coefficient (Wildman–Crippen LogP) is 2.90. The second-order valence-corrected chi connectivity index (χ2v) is 6.36. The van der Waals surface area contributed by atoms with Gasteiger partial charge in [0.25, 0.3) is 0 Å². The normalized spacial score (nSPS) is 21.9. The molecule has 0 atom stereocenters. The highest BCUT2D eigenvalue weighted by Gasteiger charge is 2.24. The van der Waals surface area contributed by atoms with Gasteiger partial charge in [-0.1, -0.05) is 11.6 Å². The number of rotatable bonds is 5. The number of hydrogen-bond acceptors (Lipinski definition) is 3. The van der Waals surface area contributed by atoms with E-state index in [1.807, 2.05) is 11.9 Å². The third-order valence-corrected chi connectivity index (χ3v) is 4.58. The molecule has 0 saturated heterocycles. The highest BCUT2D eigenvalue weighted by molar-refractivity contribution is 6.31. The minimum atomic E-state index is -0.502. The smallest absolute Gasteiger partial charge is 0.238 e. The van der Waals surface area contributed by atoms with E-state index in [0.717, 1.165) is 25.7 Å². The zero-order valence-corrected chi connectivity index (χ0v) is 13.4. The summed E-state index contributed by atoms with van der Waals surface area (Å²) in [6, 6.07) is 4.50. The standard InChI is InChI=1S/C16H22ClFN2O2/c1-20(13-5-2-11(10-21)3-6-13)9-16(22)19-12-4-7-15(18)14(17)8-12/h4,7-8,11,13,21H,2-3,5-6,9-10H2,1H3,(H,19,22). The summed E-state index contributed by atoms with van der Waals surface area (Å²) in [5, 5.41) is 11.9. The van der Waals surface area contributed by atoms with Crippen LogP contribution >= 0.6 is 11.6 Å². The maximum atomic E-state index is 13.1. The van der Waals surface area contributed by atoms with E-state index in [9.17, 15) is 9.18 Å². The van der Waals surface area contributed by atoms with Gasteiger partial charge in [0.2, 0.25) is 5.91 Å². The Kier molecular flexibility index (Phi) is 6.17. The number of hydrogen-bond donors (Lipinski definition) is 2. The number of carbonyl (C=O) groups is 1. The molecule has 1 aliphatic carbocycles. The van der Waals surface area contributed by atoms with Crippen molar-refractivity contribution in [3.05, 3.63) is 29.0 Å². The number of aliphatic hydroxyl groups is 1. The number of anilines is 1. The van der Waals surface area contributed by atoms with Crippen LogP contribution in [0.2, 0.25) is 5.02 Å². The summed E-state index contributed by atoms with van der Waals surface area (Å²) in [7, 11) is 1.93. The van der Waals surface area contributed by atoms with Crippen molar-refractivity contribution in [3.8, 4) is 0 Å². The predicted molar refractivity (Wildman–Crippen MR) is 85.5 cm³/mol. The molecular formula is C16H22ClFN2O2. The number of likely N-dealkylation sites (N-methyl/N-ethyl adjacent to an activating group) is 1. The van der Waals surface area contributed by atoms with Crippen LogP contribution < -0.4 is 5.32 Å². The summed E-state index contributed by atoms with van der Waals surface area (Å²) in [4.78, 5) is 14.1. The molecule has 22 heavy (non-hydrogen) atoms. The number of nitrogens with zero attached hydrogens (tertiary/aromatic N) is 1. The number of aliphatic hydroxyl groups excluding tert-OH is 1. The molecular weight excluding hydrogens is 307 g/mol. The van der Waals surface area contributed by atoms with E-state index in [1.54, 1.807) is 0 Å². The van der Waals surface area contributed by atoms with Crippen LogP contribution in [-0.4, -0.2) is 42.2 Å². The maximum Gasteiger partial charge on any atom is 0.238 e. The Hall–Kier alpha value is -1.17. The molecule has 0 heterocycles. The molecule has 1 saturated carbocycles. The molecule has 2 rings (SSSR count). The molecule has 2 N–H and O–H groups in total. The van der Waals surface area contributed by atoms with Crippen molar-refractivity contribution >= 4 is 23.2 Å². The highest BCUT2D eigenvalue weighted by Crippen LogP contribution is 2.26. The van der Waals surface area contributed by atoms with E-state index < -0.39 is 5.82 Å². The Morgan fingerprint density at radius 2 is 2.09 bits per heavy atom. The quantitative estimate of drug-likeness (QED) is 0.874. The molecule has 6 heteroatoms. The second-order valence-electron chi connectivity index (χ2n) is 5.95. The van der Waals surface area contributed by atoms with Crippen LogP contribution in [0.25, 0.3) is 0 Å². The SMILES string of the molecule is CN(CC(=O)Nc1ccc(F)c(Cl)c1)C1CCC(CO)CC1. The lowest BCUT2D eigenvalue weighted by Crippen LogP contribution is -2.40. The Morgan fingerprint density at radius 3 is 2.68 bits per heavy atom. The van der Waals surface area contributed by atoms with Crippen LogP contribution in [0.4, 0.5) is 10.1 Å². The van der Waals surface area contributed by atoms with Gasteiger partial charge in [0.1, 0.15) is 5.82 Å². The molecule has 1 fully saturated rings. The van der Waals surface area contributed by atoms with E-state index in [4.69, 9.17) is 16.7 Å². The first-order chi connectivity index (χ1) is 10.5. The highest BCUT2D eigenvalue weighted by atomic mass is 35.5. The van der Waals surface area contributed by atoms with Crippen molar-refractivity contribution in [3.63, 3.8) is 0 Å². The lowest BCUT2D eigenvalue weighted by atomic mass is 9.86. The average molecular weight is 329 g/mol. The number of halogens is 2. The van der Waals surface area contributed by atoms with E-state index in [2.05, 4.69) is 5.32 Å². The molecule has 1 amide bonds. The van der Waals surface area contributed by atoms with E-state index in [1.165, 1.54) is 18.2 Å².